The van der Waals surface area contributed by atoms with Crippen LogP contribution in [0.4, 0.5) is 0 Å². The van der Waals surface area contributed by atoms with Crippen LogP contribution in [-0.4, -0.2) is 26.9 Å². The van der Waals surface area contributed by atoms with Gasteiger partial charge in [-0.15, -0.1) is 0 Å². The summed E-state index contributed by atoms with van der Waals surface area (Å²) in [6.45, 7) is 6.90. The van der Waals surface area contributed by atoms with Crippen molar-refractivity contribution < 1.29 is 9.59 Å². The number of nitrogens with zero attached hydrogens (tertiary/aromatic N) is 2. The molecule has 2 aromatic carbocycles. The van der Waals surface area contributed by atoms with E-state index < -0.39 is 11.2 Å². The molecular weight excluding hydrogens is 382 g/mol. The Morgan fingerprint density at radius 2 is 1.83 bits per heavy atom. The molecule has 3 rings (SSSR count). The minimum absolute atomic E-state index is 0.0279. The molecule has 3 aromatic rings. The quantitative estimate of drug-likeness (QED) is 0.636. The Morgan fingerprint density at radius 3 is 2.50 bits per heavy atom. The lowest BCUT2D eigenvalue weighted by molar-refractivity contribution is -0.122. The van der Waals surface area contributed by atoms with Gasteiger partial charge in [0.2, 0.25) is 5.91 Å². The van der Waals surface area contributed by atoms with E-state index in [-0.39, 0.29) is 30.0 Å². The Kier molecular flexibility index (Phi) is 6.01. The molecule has 156 valence electrons. The SMILES string of the molecule is CC[C@@H](C)NC(=O)Cn1c(=O)n(-c2cccc(C(C)=O)c2)c(=O)c2cc(C)ccc21. The van der Waals surface area contributed by atoms with Crippen LogP contribution in [0.5, 0.6) is 0 Å². The summed E-state index contributed by atoms with van der Waals surface area (Å²) in [4.78, 5) is 50.8. The molecule has 0 aliphatic carbocycles. The lowest BCUT2D eigenvalue weighted by atomic mass is 10.1. The number of carbonyl (C=O) groups is 2. The number of rotatable bonds is 6. The molecule has 1 atom stereocenters. The molecule has 7 nitrogen and oxygen atoms in total. The van der Waals surface area contributed by atoms with Crippen molar-refractivity contribution in [2.45, 2.75) is 46.7 Å². The van der Waals surface area contributed by atoms with Crippen molar-refractivity contribution in [2.75, 3.05) is 0 Å². The third-order valence-corrected chi connectivity index (χ3v) is 5.13. The second-order valence-corrected chi connectivity index (χ2v) is 7.51. The first-order chi connectivity index (χ1) is 14.2. The van der Waals surface area contributed by atoms with Crippen molar-refractivity contribution in [3.8, 4) is 5.69 Å². The highest BCUT2D eigenvalue weighted by Gasteiger charge is 2.18. The smallest absolute Gasteiger partial charge is 0.336 e. The van der Waals surface area contributed by atoms with Crippen LogP contribution in [0.1, 0.15) is 43.1 Å². The molecule has 0 radical (unpaired) electrons. The molecule has 0 spiro atoms. The number of nitrogens with one attached hydrogen (secondary N) is 1. The molecule has 0 saturated carbocycles. The standard InChI is InChI=1S/C23H25N3O4/c1-5-15(3)24-21(28)13-25-20-10-9-14(2)11-19(20)22(29)26(23(25)30)18-8-6-7-17(12-18)16(4)27/h6-12,15H,5,13H2,1-4H3,(H,24,28)/t15-/m1/s1. The van der Waals surface area contributed by atoms with Gasteiger partial charge in [0, 0.05) is 11.6 Å². The number of ketones is 1. The van der Waals surface area contributed by atoms with E-state index in [9.17, 15) is 19.2 Å². The predicted molar refractivity (Wildman–Crippen MR) is 116 cm³/mol. The molecule has 1 amide bonds. The van der Waals surface area contributed by atoms with Crippen LogP contribution in [0.25, 0.3) is 16.6 Å². The van der Waals surface area contributed by atoms with Gasteiger partial charge in [0.05, 0.1) is 16.6 Å². The van der Waals surface area contributed by atoms with E-state index in [0.717, 1.165) is 16.6 Å². The first-order valence-electron chi connectivity index (χ1n) is 9.90. The third-order valence-electron chi connectivity index (χ3n) is 5.13. The number of aryl methyl sites for hydroxylation is 1. The second-order valence-electron chi connectivity index (χ2n) is 7.51. The average Bonchev–Trinajstić information content (AvgIpc) is 2.71. The van der Waals surface area contributed by atoms with Gasteiger partial charge >= 0.3 is 5.69 Å². The summed E-state index contributed by atoms with van der Waals surface area (Å²) in [5.74, 6) is -0.481. The van der Waals surface area contributed by atoms with E-state index in [2.05, 4.69) is 5.32 Å². The van der Waals surface area contributed by atoms with Gasteiger partial charge in [-0.25, -0.2) is 9.36 Å². The van der Waals surface area contributed by atoms with Crippen LogP contribution in [0.3, 0.4) is 0 Å². The fraction of sp³-hybridized carbons (Fsp3) is 0.304. The number of amides is 1. The molecule has 7 heteroatoms. The van der Waals surface area contributed by atoms with E-state index in [1.54, 1.807) is 36.4 Å². The minimum atomic E-state index is -0.628. The zero-order chi connectivity index (χ0) is 22.0. The normalized spacial score (nSPS) is 12.0. The number of aromatic nitrogens is 2. The van der Waals surface area contributed by atoms with Gasteiger partial charge in [-0.2, -0.15) is 0 Å². The van der Waals surface area contributed by atoms with Crippen LogP contribution >= 0.6 is 0 Å². The summed E-state index contributed by atoms with van der Waals surface area (Å²) in [6, 6.07) is 11.5. The lowest BCUT2D eigenvalue weighted by Crippen LogP contribution is -2.43. The van der Waals surface area contributed by atoms with E-state index in [4.69, 9.17) is 0 Å². The monoisotopic (exact) mass is 407 g/mol. The highest BCUT2D eigenvalue weighted by molar-refractivity contribution is 5.94. The molecular formula is C23H25N3O4. The predicted octanol–water partition coefficient (Wildman–Crippen LogP) is 2.58. The Morgan fingerprint density at radius 1 is 1.10 bits per heavy atom. The zero-order valence-corrected chi connectivity index (χ0v) is 17.6. The highest BCUT2D eigenvalue weighted by atomic mass is 16.2. The molecule has 30 heavy (non-hydrogen) atoms. The van der Waals surface area contributed by atoms with E-state index in [1.807, 2.05) is 20.8 Å². The van der Waals surface area contributed by atoms with Crippen LogP contribution in [0.2, 0.25) is 0 Å². The molecule has 0 fully saturated rings. The summed E-state index contributed by atoms with van der Waals surface area (Å²) >= 11 is 0. The number of hydrogen-bond acceptors (Lipinski definition) is 4. The Bertz CT molecular complexity index is 1250. The molecule has 0 saturated heterocycles. The largest absolute Gasteiger partial charge is 0.352 e. The first kappa shape index (κ1) is 21.2. The Labute approximate surface area is 174 Å². The van der Waals surface area contributed by atoms with Crippen LogP contribution < -0.4 is 16.6 Å². The summed E-state index contributed by atoms with van der Waals surface area (Å²) in [5, 5.41) is 3.18. The van der Waals surface area contributed by atoms with Crippen LogP contribution in [0.15, 0.2) is 52.1 Å². The van der Waals surface area contributed by atoms with Gasteiger partial charge in [0.15, 0.2) is 5.78 Å². The average molecular weight is 407 g/mol. The molecule has 0 bridgehead atoms. The van der Waals surface area contributed by atoms with Crippen molar-refractivity contribution in [3.05, 3.63) is 74.4 Å². The van der Waals surface area contributed by atoms with Crippen molar-refractivity contribution >= 4 is 22.6 Å². The summed E-state index contributed by atoms with van der Waals surface area (Å²) in [7, 11) is 0. The Hall–Kier alpha value is -3.48. The van der Waals surface area contributed by atoms with Gasteiger partial charge in [-0.3, -0.25) is 19.0 Å². The van der Waals surface area contributed by atoms with Gasteiger partial charge < -0.3 is 5.32 Å². The second kappa shape index (κ2) is 8.49. The van der Waals surface area contributed by atoms with Gasteiger partial charge in [0.25, 0.3) is 5.56 Å². The van der Waals surface area contributed by atoms with Crippen molar-refractivity contribution in [1.29, 1.82) is 0 Å². The van der Waals surface area contributed by atoms with Crippen LogP contribution in [0, 0.1) is 6.92 Å². The van der Waals surface area contributed by atoms with E-state index in [1.165, 1.54) is 17.6 Å². The maximum atomic E-state index is 13.3. The number of Topliss-reactive ketones (excluding diaryl/α,β-unsaturated/α-hetero) is 1. The first-order valence-corrected chi connectivity index (χ1v) is 9.90. The molecule has 1 heterocycles. The number of hydrogen-bond donors (Lipinski definition) is 1. The van der Waals surface area contributed by atoms with Crippen molar-refractivity contribution in [2.24, 2.45) is 0 Å². The molecule has 1 aromatic heterocycles. The topological polar surface area (TPSA) is 90.2 Å². The van der Waals surface area contributed by atoms with Crippen molar-refractivity contribution in [3.63, 3.8) is 0 Å². The third kappa shape index (κ3) is 4.10. The van der Waals surface area contributed by atoms with Gasteiger partial charge in [-0.1, -0.05) is 30.7 Å². The van der Waals surface area contributed by atoms with E-state index in [0.29, 0.717) is 16.5 Å². The zero-order valence-electron chi connectivity index (χ0n) is 17.6. The summed E-state index contributed by atoms with van der Waals surface area (Å²) in [6.07, 6.45) is 0.762. The number of benzene rings is 2. The van der Waals surface area contributed by atoms with Crippen molar-refractivity contribution in [1.82, 2.24) is 14.5 Å². The molecule has 0 aliphatic rings. The van der Waals surface area contributed by atoms with Crippen LogP contribution in [-0.2, 0) is 11.3 Å². The molecule has 0 aliphatic heterocycles. The maximum Gasteiger partial charge on any atom is 0.336 e. The number of fused-ring (bicyclic) bond motifs is 1. The minimum Gasteiger partial charge on any atom is -0.352 e. The highest BCUT2D eigenvalue weighted by Crippen LogP contribution is 2.14. The fourth-order valence-electron chi connectivity index (χ4n) is 3.30. The lowest BCUT2D eigenvalue weighted by Gasteiger charge is -2.16. The molecule has 0 unspecified atom stereocenters. The van der Waals surface area contributed by atoms with Gasteiger partial charge in [-0.05, 0) is 51.5 Å². The number of carbonyl (C=O) groups excluding carboxylic acids is 2. The van der Waals surface area contributed by atoms with E-state index >= 15 is 0 Å². The Balaban J connectivity index is 2.27. The van der Waals surface area contributed by atoms with Gasteiger partial charge in [0.1, 0.15) is 6.54 Å². The molecule has 1 N–H and O–H groups in total. The summed E-state index contributed by atoms with van der Waals surface area (Å²) < 4.78 is 2.32. The maximum absolute atomic E-state index is 13.3. The summed E-state index contributed by atoms with van der Waals surface area (Å²) in [5.41, 5.74) is 0.822. The fourth-order valence-corrected chi connectivity index (χ4v) is 3.30.